The predicted octanol–water partition coefficient (Wildman–Crippen LogP) is 5.53. The van der Waals surface area contributed by atoms with E-state index in [2.05, 4.69) is 0 Å². The molecular weight excluding hydrogens is 413 g/mol. The highest BCUT2D eigenvalue weighted by Gasteiger charge is 2.24. The van der Waals surface area contributed by atoms with Crippen LogP contribution in [0.4, 0.5) is 0 Å². The minimum Gasteiger partial charge on any atom is -0.508 e. The third-order valence-corrected chi connectivity index (χ3v) is 5.17. The van der Waals surface area contributed by atoms with Crippen molar-refractivity contribution < 1.29 is 19.4 Å². The summed E-state index contributed by atoms with van der Waals surface area (Å²) in [4.78, 5) is 25.7. The van der Waals surface area contributed by atoms with Gasteiger partial charge in [0.05, 0.1) is 22.0 Å². The van der Waals surface area contributed by atoms with Crippen LogP contribution in [-0.4, -0.2) is 27.2 Å². The smallest absolute Gasteiger partial charge is 0.310 e. The third-order valence-electron chi connectivity index (χ3n) is 4.43. The van der Waals surface area contributed by atoms with Crippen LogP contribution in [-0.2, 0) is 16.0 Å². The van der Waals surface area contributed by atoms with Gasteiger partial charge in [0.15, 0.2) is 0 Å². The molecule has 0 saturated heterocycles. The Morgan fingerprint density at radius 2 is 1.76 bits per heavy atom. The molecule has 0 aliphatic carbocycles. The number of carbonyl (C=O) groups excluding carboxylic acids is 2. The molecule has 3 rings (SSSR count). The highest BCUT2D eigenvalue weighted by molar-refractivity contribution is 6.42. The number of fused-ring (bicyclic) bond motifs is 1. The number of rotatable bonds is 3. The Bertz CT molecular complexity index is 1130. The van der Waals surface area contributed by atoms with E-state index in [1.165, 1.54) is 16.7 Å². The molecule has 0 aliphatic heterocycles. The quantitative estimate of drug-likeness (QED) is 0.550. The average molecular weight is 434 g/mol. The van der Waals surface area contributed by atoms with Gasteiger partial charge in [-0.05, 0) is 69.7 Å². The molecule has 0 saturated carbocycles. The van der Waals surface area contributed by atoms with Gasteiger partial charge in [0.25, 0.3) is 5.91 Å². The fraction of sp³-hybridized carbons (Fsp3) is 0.273. The summed E-state index contributed by atoms with van der Waals surface area (Å²) in [6, 6.07) is 9.34. The molecule has 5 nitrogen and oxygen atoms in total. The number of hydrogen-bond acceptors (Lipinski definition) is 4. The molecule has 1 N–H and O–H groups in total. The Hall–Kier alpha value is -2.50. The number of esters is 1. The number of aromatic hydroxyl groups is 1. The molecule has 0 unspecified atom stereocenters. The second-order valence-electron chi connectivity index (χ2n) is 7.80. The topological polar surface area (TPSA) is 68.5 Å². The van der Waals surface area contributed by atoms with Crippen LogP contribution in [0.15, 0.2) is 36.4 Å². The number of phenolic OH excluding ortho intramolecular Hbond substituents is 1. The molecular formula is C22H21Cl2NO4. The highest BCUT2D eigenvalue weighted by Crippen LogP contribution is 2.31. The van der Waals surface area contributed by atoms with Crippen LogP contribution in [0.1, 0.15) is 42.4 Å². The van der Waals surface area contributed by atoms with Crippen molar-refractivity contribution in [3.05, 3.63) is 63.3 Å². The zero-order chi connectivity index (χ0) is 21.5. The van der Waals surface area contributed by atoms with Crippen molar-refractivity contribution in [1.29, 1.82) is 0 Å². The second kappa shape index (κ2) is 7.73. The lowest BCUT2D eigenvalue weighted by atomic mass is 10.1. The van der Waals surface area contributed by atoms with Crippen molar-refractivity contribution in [3.63, 3.8) is 0 Å². The van der Waals surface area contributed by atoms with Crippen LogP contribution in [0.25, 0.3) is 10.9 Å². The molecule has 29 heavy (non-hydrogen) atoms. The lowest BCUT2D eigenvalue weighted by Gasteiger charge is -2.19. The summed E-state index contributed by atoms with van der Waals surface area (Å²) >= 11 is 12.0. The molecule has 0 spiro atoms. The van der Waals surface area contributed by atoms with Crippen molar-refractivity contribution in [1.82, 2.24) is 4.57 Å². The minimum absolute atomic E-state index is 0.0231. The fourth-order valence-electron chi connectivity index (χ4n) is 3.24. The first-order valence-corrected chi connectivity index (χ1v) is 9.78. The second-order valence-corrected chi connectivity index (χ2v) is 8.61. The van der Waals surface area contributed by atoms with E-state index in [-0.39, 0.29) is 23.1 Å². The first-order valence-electron chi connectivity index (χ1n) is 9.02. The largest absolute Gasteiger partial charge is 0.508 e. The van der Waals surface area contributed by atoms with E-state index in [4.69, 9.17) is 27.9 Å². The van der Waals surface area contributed by atoms with E-state index in [9.17, 15) is 14.7 Å². The van der Waals surface area contributed by atoms with Crippen molar-refractivity contribution in [2.75, 3.05) is 0 Å². The predicted molar refractivity (Wildman–Crippen MR) is 114 cm³/mol. The minimum atomic E-state index is -0.624. The number of hydrogen-bond donors (Lipinski definition) is 1. The zero-order valence-corrected chi connectivity index (χ0v) is 18.1. The maximum Gasteiger partial charge on any atom is 0.310 e. The molecule has 0 aliphatic rings. The Morgan fingerprint density at radius 1 is 1.07 bits per heavy atom. The lowest BCUT2D eigenvalue weighted by Crippen LogP contribution is -2.25. The van der Waals surface area contributed by atoms with Crippen LogP contribution < -0.4 is 0 Å². The van der Waals surface area contributed by atoms with Crippen LogP contribution in [0, 0.1) is 6.92 Å². The summed E-state index contributed by atoms with van der Waals surface area (Å²) in [5, 5.41) is 11.2. The molecule has 152 valence electrons. The normalized spacial score (nSPS) is 11.7. The molecule has 0 bridgehead atoms. The van der Waals surface area contributed by atoms with E-state index in [0.29, 0.717) is 32.7 Å². The van der Waals surface area contributed by atoms with Gasteiger partial charge in [-0.15, -0.1) is 0 Å². The molecule has 0 atom stereocenters. The van der Waals surface area contributed by atoms with Crippen LogP contribution >= 0.6 is 23.2 Å². The van der Waals surface area contributed by atoms with E-state index in [0.717, 1.165) is 0 Å². The third kappa shape index (κ3) is 4.41. The Morgan fingerprint density at radius 3 is 2.38 bits per heavy atom. The first-order chi connectivity index (χ1) is 13.5. The van der Waals surface area contributed by atoms with Gasteiger partial charge >= 0.3 is 5.97 Å². The summed E-state index contributed by atoms with van der Waals surface area (Å²) in [6.45, 7) is 7.13. The van der Waals surface area contributed by atoms with Gasteiger partial charge in [-0.2, -0.15) is 0 Å². The number of carbonyl (C=O) groups is 2. The number of ether oxygens (including phenoxy) is 1. The van der Waals surface area contributed by atoms with Gasteiger partial charge in [0.2, 0.25) is 0 Å². The van der Waals surface area contributed by atoms with Gasteiger partial charge in [0, 0.05) is 16.6 Å². The van der Waals surface area contributed by atoms with Crippen molar-refractivity contribution >= 4 is 46.0 Å². The van der Waals surface area contributed by atoms with Crippen LogP contribution in [0.2, 0.25) is 10.0 Å². The number of nitrogens with zero attached hydrogens (tertiary/aromatic N) is 1. The molecule has 2 aromatic carbocycles. The van der Waals surface area contributed by atoms with E-state index in [1.54, 1.807) is 52.0 Å². The standard InChI is InChI=1S/C22H21Cl2NO4/c1-12-15(11-20(27)29-22(2,3)4)16-10-14(26)6-8-19(16)25(12)21(28)13-5-7-17(23)18(24)9-13/h5-10,26H,11H2,1-4H3. The Labute approximate surface area is 178 Å². The molecule has 0 amide bonds. The maximum absolute atomic E-state index is 13.2. The summed E-state index contributed by atoms with van der Waals surface area (Å²) < 4.78 is 6.94. The van der Waals surface area contributed by atoms with Crippen molar-refractivity contribution in [3.8, 4) is 5.75 Å². The Kier molecular flexibility index (Phi) is 5.65. The maximum atomic E-state index is 13.2. The van der Waals surface area contributed by atoms with Gasteiger partial charge < -0.3 is 9.84 Å². The molecule has 0 radical (unpaired) electrons. The molecule has 7 heteroatoms. The van der Waals surface area contributed by atoms with E-state index >= 15 is 0 Å². The van der Waals surface area contributed by atoms with E-state index in [1.807, 2.05) is 0 Å². The molecule has 3 aromatic rings. The summed E-state index contributed by atoms with van der Waals surface area (Å²) in [5.74, 6) is -0.681. The van der Waals surface area contributed by atoms with Crippen LogP contribution in [0.5, 0.6) is 5.75 Å². The van der Waals surface area contributed by atoms with Gasteiger partial charge in [-0.3, -0.25) is 14.2 Å². The molecule has 0 fully saturated rings. The van der Waals surface area contributed by atoms with E-state index < -0.39 is 11.6 Å². The summed E-state index contributed by atoms with van der Waals surface area (Å²) in [7, 11) is 0. The Balaban J connectivity index is 2.13. The van der Waals surface area contributed by atoms with Crippen molar-refractivity contribution in [2.24, 2.45) is 0 Å². The zero-order valence-electron chi connectivity index (χ0n) is 16.5. The summed E-state index contributed by atoms with van der Waals surface area (Å²) in [5.41, 5.74) is 1.53. The number of aromatic nitrogens is 1. The number of benzene rings is 2. The number of phenols is 1. The summed E-state index contributed by atoms with van der Waals surface area (Å²) in [6.07, 6.45) is -0.0231. The van der Waals surface area contributed by atoms with Gasteiger partial charge in [0.1, 0.15) is 11.4 Å². The fourth-order valence-corrected chi connectivity index (χ4v) is 3.53. The lowest BCUT2D eigenvalue weighted by molar-refractivity contribution is -0.153. The first kappa shape index (κ1) is 21.2. The van der Waals surface area contributed by atoms with Crippen molar-refractivity contribution in [2.45, 2.75) is 39.7 Å². The molecule has 1 heterocycles. The SMILES string of the molecule is Cc1c(CC(=O)OC(C)(C)C)c2cc(O)ccc2n1C(=O)c1ccc(Cl)c(Cl)c1. The number of halogens is 2. The average Bonchev–Trinajstić information content (AvgIpc) is 2.86. The highest BCUT2D eigenvalue weighted by atomic mass is 35.5. The monoisotopic (exact) mass is 433 g/mol. The van der Waals surface area contributed by atoms with Gasteiger partial charge in [-0.1, -0.05) is 23.2 Å². The molecule has 1 aromatic heterocycles. The van der Waals surface area contributed by atoms with Gasteiger partial charge in [-0.25, -0.2) is 0 Å². The van der Waals surface area contributed by atoms with Crippen LogP contribution in [0.3, 0.4) is 0 Å².